The molecule has 0 fully saturated rings. The van der Waals surface area contributed by atoms with Gasteiger partial charge >= 0.3 is 0 Å². The Morgan fingerprint density at radius 1 is 1.53 bits per heavy atom. The van der Waals surface area contributed by atoms with Crippen molar-refractivity contribution in [3.63, 3.8) is 0 Å². The van der Waals surface area contributed by atoms with Gasteiger partial charge in [-0.25, -0.2) is 0 Å². The van der Waals surface area contributed by atoms with Crippen LogP contribution < -0.4 is 10.1 Å². The average molecular weight is 234 g/mol. The Balaban J connectivity index is 2.77. The Bertz CT molecular complexity index is 438. The first-order chi connectivity index (χ1) is 8.21. The van der Waals surface area contributed by atoms with E-state index in [1.165, 1.54) is 7.11 Å². The monoisotopic (exact) mass is 234 g/mol. The van der Waals surface area contributed by atoms with Gasteiger partial charge in [0.2, 0.25) is 5.91 Å². The molecule has 5 nitrogen and oxygen atoms in total. The number of nitriles is 1. The standard InChI is InChI=1S/C12H14N2O3/c1-3-17-8-12(15)14-10-5-4-9(7-13)6-11(10)16-2/h4-6H,3,8H2,1-2H3,(H,14,15). The highest BCUT2D eigenvalue weighted by molar-refractivity contribution is 5.93. The summed E-state index contributed by atoms with van der Waals surface area (Å²) in [6.07, 6.45) is 0. The van der Waals surface area contributed by atoms with E-state index in [4.69, 9.17) is 14.7 Å². The van der Waals surface area contributed by atoms with Crippen molar-refractivity contribution in [3.05, 3.63) is 23.8 Å². The van der Waals surface area contributed by atoms with Gasteiger partial charge in [-0.2, -0.15) is 5.26 Å². The van der Waals surface area contributed by atoms with Crippen molar-refractivity contribution in [1.29, 1.82) is 5.26 Å². The van der Waals surface area contributed by atoms with E-state index in [0.29, 0.717) is 23.6 Å². The zero-order valence-electron chi connectivity index (χ0n) is 9.82. The highest BCUT2D eigenvalue weighted by Gasteiger charge is 2.08. The predicted octanol–water partition coefficient (Wildman–Crippen LogP) is 1.54. The molecule has 1 amide bonds. The van der Waals surface area contributed by atoms with E-state index in [0.717, 1.165) is 0 Å². The zero-order valence-corrected chi connectivity index (χ0v) is 9.82. The molecule has 5 heteroatoms. The molecule has 1 rings (SSSR count). The number of hydrogen-bond donors (Lipinski definition) is 1. The summed E-state index contributed by atoms with van der Waals surface area (Å²) in [6.45, 7) is 2.30. The van der Waals surface area contributed by atoms with Gasteiger partial charge in [-0.3, -0.25) is 4.79 Å². The molecule has 0 spiro atoms. The van der Waals surface area contributed by atoms with Crippen molar-refractivity contribution < 1.29 is 14.3 Å². The van der Waals surface area contributed by atoms with Crippen molar-refractivity contribution in [2.75, 3.05) is 25.6 Å². The van der Waals surface area contributed by atoms with Gasteiger partial charge in [0.05, 0.1) is 24.4 Å². The highest BCUT2D eigenvalue weighted by atomic mass is 16.5. The molecule has 0 saturated carbocycles. The maximum Gasteiger partial charge on any atom is 0.250 e. The second-order valence-corrected chi connectivity index (χ2v) is 3.21. The molecule has 90 valence electrons. The first-order valence-corrected chi connectivity index (χ1v) is 5.17. The van der Waals surface area contributed by atoms with Crippen LogP contribution in [0.1, 0.15) is 12.5 Å². The lowest BCUT2D eigenvalue weighted by Crippen LogP contribution is -2.18. The van der Waals surface area contributed by atoms with Crippen molar-refractivity contribution in [2.24, 2.45) is 0 Å². The summed E-state index contributed by atoms with van der Waals surface area (Å²) in [7, 11) is 1.48. The van der Waals surface area contributed by atoms with E-state index < -0.39 is 0 Å². The maximum atomic E-state index is 11.4. The van der Waals surface area contributed by atoms with Gasteiger partial charge in [-0.15, -0.1) is 0 Å². The Morgan fingerprint density at radius 2 is 2.29 bits per heavy atom. The van der Waals surface area contributed by atoms with E-state index in [1.54, 1.807) is 18.2 Å². The van der Waals surface area contributed by atoms with Crippen LogP contribution in [0, 0.1) is 11.3 Å². The Kier molecular flexibility index (Phi) is 4.98. The van der Waals surface area contributed by atoms with E-state index in [1.807, 2.05) is 13.0 Å². The number of hydrogen-bond acceptors (Lipinski definition) is 4. The molecule has 1 N–H and O–H groups in total. The van der Waals surface area contributed by atoms with Gasteiger partial charge in [0.15, 0.2) is 0 Å². The highest BCUT2D eigenvalue weighted by Crippen LogP contribution is 2.25. The van der Waals surface area contributed by atoms with Gasteiger partial charge in [0.1, 0.15) is 12.4 Å². The lowest BCUT2D eigenvalue weighted by atomic mass is 10.2. The summed E-state index contributed by atoms with van der Waals surface area (Å²) in [5.41, 5.74) is 1.00. The summed E-state index contributed by atoms with van der Waals surface area (Å²) in [5.74, 6) is 0.198. The fraction of sp³-hybridized carbons (Fsp3) is 0.333. The fourth-order valence-electron chi connectivity index (χ4n) is 1.25. The summed E-state index contributed by atoms with van der Waals surface area (Å²) < 4.78 is 10.1. The third-order valence-electron chi connectivity index (χ3n) is 2.04. The van der Waals surface area contributed by atoms with E-state index in [9.17, 15) is 4.79 Å². The van der Waals surface area contributed by atoms with Gasteiger partial charge in [0, 0.05) is 12.7 Å². The van der Waals surface area contributed by atoms with Gasteiger partial charge in [-0.1, -0.05) is 0 Å². The summed E-state index contributed by atoms with van der Waals surface area (Å²) in [6, 6.07) is 6.80. The van der Waals surface area contributed by atoms with Crippen LogP contribution in [0.4, 0.5) is 5.69 Å². The topological polar surface area (TPSA) is 71.3 Å². The first kappa shape index (κ1) is 13.0. The smallest absolute Gasteiger partial charge is 0.250 e. The Morgan fingerprint density at radius 3 is 2.88 bits per heavy atom. The van der Waals surface area contributed by atoms with E-state index in [2.05, 4.69) is 5.32 Å². The van der Waals surface area contributed by atoms with E-state index >= 15 is 0 Å². The molecule has 0 aromatic heterocycles. The fourth-order valence-corrected chi connectivity index (χ4v) is 1.25. The lowest BCUT2D eigenvalue weighted by Gasteiger charge is -2.10. The van der Waals surface area contributed by atoms with E-state index in [-0.39, 0.29) is 12.5 Å². The average Bonchev–Trinajstić information content (AvgIpc) is 2.36. The predicted molar refractivity (Wildman–Crippen MR) is 62.8 cm³/mol. The molecular formula is C12H14N2O3. The summed E-state index contributed by atoms with van der Waals surface area (Å²) >= 11 is 0. The van der Waals surface area contributed by atoms with Crippen LogP contribution in [0.25, 0.3) is 0 Å². The van der Waals surface area contributed by atoms with Crippen LogP contribution in [0.3, 0.4) is 0 Å². The van der Waals surface area contributed by atoms with Crippen molar-refractivity contribution in [3.8, 4) is 11.8 Å². The summed E-state index contributed by atoms with van der Waals surface area (Å²) in [5, 5.41) is 11.4. The first-order valence-electron chi connectivity index (χ1n) is 5.17. The largest absolute Gasteiger partial charge is 0.495 e. The van der Waals surface area contributed by atoms with Crippen LogP contribution >= 0.6 is 0 Å². The number of carbonyl (C=O) groups excluding carboxylic acids is 1. The quantitative estimate of drug-likeness (QED) is 0.838. The minimum Gasteiger partial charge on any atom is -0.495 e. The molecular weight excluding hydrogens is 220 g/mol. The van der Waals surface area contributed by atoms with Crippen LogP contribution in [-0.4, -0.2) is 26.2 Å². The minimum atomic E-state index is -0.255. The summed E-state index contributed by atoms with van der Waals surface area (Å²) in [4.78, 5) is 11.4. The number of rotatable bonds is 5. The maximum absolute atomic E-state index is 11.4. The van der Waals surface area contributed by atoms with Crippen molar-refractivity contribution >= 4 is 11.6 Å². The minimum absolute atomic E-state index is 0.000342. The number of ether oxygens (including phenoxy) is 2. The molecule has 1 aromatic carbocycles. The number of carbonyl (C=O) groups is 1. The lowest BCUT2D eigenvalue weighted by molar-refractivity contribution is -0.120. The molecule has 0 atom stereocenters. The molecule has 0 radical (unpaired) electrons. The van der Waals surface area contributed by atoms with Gasteiger partial charge in [-0.05, 0) is 19.1 Å². The number of benzene rings is 1. The molecule has 17 heavy (non-hydrogen) atoms. The van der Waals surface area contributed by atoms with Gasteiger partial charge < -0.3 is 14.8 Å². The van der Waals surface area contributed by atoms with Crippen LogP contribution in [0.2, 0.25) is 0 Å². The molecule has 0 saturated heterocycles. The second-order valence-electron chi connectivity index (χ2n) is 3.21. The third-order valence-corrected chi connectivity index (χ3v) is 2.04. The normalized spacial score (nSPS) is 9.47. The molecule has 0 aliphatic rings. The Labute approximate surface area is 100.0 Å². The van der Waals surface area contributed by atoms with Crippen LogP contribution in [0.15, 0.2) is 18.2 Å². The molecule has 0 aliphatic heterocycles. The third kappa shape index (κ3) is 3.78. The number of methoxy groups -OCH3 is 1. The SMILES string of the molecule is CCOCC(=O)Nc1ccc(C#N)cc1OC. The number of nitrogens with zero attached hydrogens (tertiary/aromatic N) is 1. The zero-order chi connectivity index (χ0) is 12.7. The van der Waals surface area contributed by atoms with Crippen LogP contribution in [0.5, 0.6) is 5.75 Å². The molecule has 0 aliphatic carbocycles. The molecule has 0 bridgehead atoms. The molecule has 0 heterocycles. The van der Waals surface area contributed by atoms with Crippen molar-refractivity contribution in [1.82, 2.24) is 0 Å². The molecule has 0 unspecified atom stereocenters. The number of nitrogens with one attached hydrogen (secondary N) is 1. The van der Waals surface area contributed by atoms with Crippen molar-refractivity contribution in [2.45, 2.75) is 6.92 Å². The number of anilines is 1. The Hall–Kier alpha value is -2.06. The van der Waals surface area contributed by atoms with Crippen LogP contribution in [-0.2, 0) is 9.53 Å². The molecule has 1 aromatic rings. The second kappa shape index (κ2) is 6.51. The number of amides is 1. The van der Waals surface area contributed by atoms with Gasteiger partial charge in [0.25, 0.3) is 0 Å².